The van der Waals surface area contributed by atoms with Crippen molar-refractivity contribution in [2.45, 2.75) is 13.0 Å². The number of hydrogen-bond donors (Lipinski definition) is 1. The summed E-state index contributed by atoms with van der Waals surface area (Å²) in [5.41, 5.74) is 6.66. The van der Waals surface area contributed by atoms with Crippen molar-refractivity contribution in [3.63, 3.8) is 0 Å². The van der Waals surface area contributed by atoms with Gasteiger partial charge in [0.25, 0.3) is 5.91 Å². The highest BCUT2D eigenvalue weighted by molar-refractivity contribution is 7.91. The molecule has 1 heterocycles. The molecule has 6 heteroatoms. The lowest BCUT2D eigenvalue weighted by Crippen LogP contribution is -2.49. The van der Waals surface area contributed by atoms with Crippen molar-refractivity contribution < 1.29 is 13.2 Å². The van der Waals surface area contributed by atoms with Gasteiger partial charge in [-0.2, -0.15) is 0 Å². The number of carbonyl (C=O) groups excluding carboxylic acids is 1. The third-order valence-corrected chi connectivity index (χ3v) is 4.86. The van der Waals surface area contributed by atoms with Crippen LogP contribution in [0.25, 0.3) is 0 Å². The fraction of sp³-hybridized carbons (Fsp3) is 0.417. The number of carbonyl (C=O) groups is 1. The molecule has 18 heavy (non-hydrogen) atoms. The monoisotopic (exact) mass is 268 g/mol. The zero-order chi connectivity index (χ0) is 13.3. The molecule has 0 bridgehead atoms. The first-order valence-electron chi connectivity index (χ1n) is 5.76. The quantitative estimate of drug-likeness (QED) is 0.753. The Kier molecular flexibility index (Phi) is 3.30. The second-order valence-corrected chi connectivity index (χ2v) is 6.82. The van der Waals surface area contributed by atoms with Gasteiger partial charge in [-0.15, -0.1) is 0 Å². The van der Waals surface area contributed by atoms with Gasteiger partial charge in [-0.05, 0) is 25.1 Å². The number of hydrogen-bond acceptors (Lipinski definition) is 4. The fourth-order valence-corrected chi connectivity index (χ4v) is 3.69. The van der Waals surface area contributed by atoms with Crippen LogP contribution < -0.4 is 5.73 Å². The largest absolute Gasteiger partial charge is 0.399 e. The molecular weight excluding hydrogens is 252 g/mol. The summed E-state index contributed by atoms with van der Waals surface area (Å²) in [6.07, 6.45) is 0. The highest BCUT2D eigenvalue weighted by Crippen LogP contribution is 2.16. The van der Waals surface area contributed by atoms with Crippen LogP contribution in [-0.2, 0) is 9.84 Å². The normalized spacial score (nSPS) is 22.7. The number of amides is 1. The standard InChI is InChI=1S/C12H16N2O3S/c1-9-8-18(16,17)6-5-14(9)12(15)10-3-2-4-11(13)7-10/h2-4,7,9H,5-6,8,13H2,1H3. The van der Waals surface area contributed by atoms with Gasteiger partial charge in [0.15, 0.2) is 9.84 Å². The van der Waals surface area contributed by atoms with E-state index in [9.17, 15) is 13.2 Å². The van der Waals surface area contributed by atoms with E-state index in [1.165, 1.54) is 0 Å². The van der Waals surface area contributed by atoms with E-state index in [2.05, 4.69) is 0 Å². The van der Waals surface area contributed by atoms with Gasteiger partial charge in [-0.25, -0.2) is 8.42 Å². The summed E-state index contributed by atoms with van der Waals surface area (Å²) in [7, 11) is -3.01. The van der Waals surface area contributed by atoms with Crippen LogP contribution in [0.4, 0.5) is 5.69 Å². The number of benzene rings is 1. The molecule has 1 aliphatic rings. The van der Waals surface area contributed by atoms with Crippen LogP contribution in [-0.4, -0.2) is 43.3 Å². The Morgan fingerprint density at radius 1 is 1.44 bits per heavy atom. The highest BCUT2D eigenvalue weighted by Gasteiger charge is 2.31. The number of nitrogens with zero attached hydrogens (tertiary/aromatic N) is 1. The molecule has 0 aromatic heterocycles. The van der Waals surface area contributed by atoms with Crippen LogP contribution in [0.2, 0.25) is 0 Å². The molecule has 5 nitrogen and oxygen atoms in total. The van der Waals surface area contributed by atoms with Gasteiger partial charge in [-0.1, -0.05) is 6.07 Å². The molecular formula is C12H16N2O3S. The molecule has 2 rings (SSSR count). The zero-order valence-electron chi connectivity index (χ0n) is 10.2. The third kappa shape index (κ3) is 2.64. The summed E-state index contributed by atoms with van der Waals surface area (Å²) in [5.74, 6) is -0.100. The van der Waals surface area contributed by atoms with Crippen molar-refractivity contribution in [2.75, 3.05) is 23.8 Å². The van der Waals surface area contributed by atoms with Crippen LogP contribution in [0.1, 0.15) is 17.3 Å². The van der Waals surface area contributed by atoms with Crippen LogP contribution in [0, 0.1) is 0 Å². The molecule has 1 atom stereocenters. The van der Waals surface area contributed by atoms with E-state index in [-0.39, 0.29) is 30.0 Å². The van der Waals surface area contributed by atoms with E-state index in [0.29, 0.717) is 11.3 Å². The Labute approximate surface area is 107 Å². The topological polar surface area (TPSA) is 80.5 Å². The second kappa shape index (κ2) is 4.61. The molecule has 1 unspecified atom stereocenters. The van der Waals surface area contributed by atoms with Gasteiger partial charge in [0, 0.05) is 23.8 Å². The minimum atomic E-state index is -3.01. The van der Waals surface area contributed by atoms with Crippen molar-refractivity contribution in [1.29, 1.82) is 0 Å². The molecule has 1 fully saturated rings. The van der Waals surface area contributed by atoms with E-state index in [4.69, 9.17) is 5.73 Å². The number of nitrogens with two attached hydrogens (primary N) is 1. The lowest BCUT2D eigenvalue weighted by Gasteiger charge is -2.33. The Balaban J connectivity index is 2.20. The Morgan fingerprint density at radius 2 is 2.17 bits per heavy atom. The van der Waals surface area contributed by atoms with E-state index in [1.807, 2.05) is 0 Å². The molecule has 0 spiro atoms. The van der Waals surface area contributed by atoms with E-state index in [1.54, 1.807) is 36.1 Å². The number of nitrogen functional groups attached to an aromatic ring is 1. The van der Waals surface area contributed by atoms with Crippen molar-refractivity contribution >= 4 is 21.4 Å². The lowest BCUT2D eigenvalue weighted by atomic mass is 10.1. The number of anilines is 1. The molecule has 1 aliphatic heterocycles. The molecule has 1 aromatic carbocycles. The molecule has 98 valence electrons. The predicted molar refractivity (Wildman–Crippen MR) is 70.0 cm³/mol. The average molecular weight is 268 g/mol. The van der Waals surface area contributed by atoms with Gasteiger partial charge in [0.2, 0.25) is 0 Å². The Hall–Kier alpha value is -1.56. The van der Waals surface area contributed by atoms with E-state index in [0.717, 1.165) is 0 Å². The van der Waals surface area contributed by atoms with Crippen molar-refractivity contribution in [1.82, 2.24) is 4.90 Å². The zero-order valence-corrected chi connectivity index (χ0v) is 11.0. The Morgan fingerprint density at radius 3 is 2.78 bits per heavy atom. The van der Waals surface area contributed by atoms with Gasteiger partial charge >= 0.3 is 0 Å². The maximum Gasteiger partial charge on any atom is 0.254 e. The first-order chi connectivity index (χ1) is 8.39. The first kappa shape index (κ1) is 12.9. The molecule has 0 radical (unpaired) electrons. The lowest BCUT2D eigenvalue weighted by molar-refractivity contribution is 0.0712. The van der Waals surface area contributed by atoms with Crippen molar-refractivity contribution in [3.05, 3.63) is 29.8 Å². The van der Waals surface area contributed by atoms with Crippen LogP contribution >= 0.6 is 0 Å². The van der Waals surface area contributed by atoms with E-state index >= 15 is 0 Å². The van der Waals surface area contributed by atoms with Gasteiger partial charge in [0.1, 0.15) is 0 Å². The van der Waals surface area contributed by atoms with E-state index < -0.39 is 9.84 Å². The minimum Gasteiger partial charge on any atom is -0.399 e. The first-order valence-corrected chi connectivity index (χ1v) is 7.58. The molecule has 2 N–H and O–H groups in total. The number of rotatable bonds is 1. The molecule has 1 amide bonds. The smallest absolute Gasteiger partial charge is 0.254 e. The Bertz CT molecular complexity index is 568. The summed E-state index contributed by atoms with van der Waals surface area (Å²) in [6, 6.07) is 6.43. The molecule has 0 aliphatic carbocycles. The van der Waals surface area contributed by atoms with Gasteiger partial charge < -0.3 is 10.6 Å². The SMILES string of the molecule is CC1CS(=O)(=O)CCN1C(=O)c1cccc(N)c1. The predicted octanol–water partition coefficient (Wildman–Crippen LogP) is 0.528. The van der Waals surface area contributed by atoms with Gasteiger partial charge in [0.05, 0.1) is 11.5 Å². The van der Waals surface area contributed by atoms with Crippen molar-refractivity contribution in [3.8, 4) is 0 Å². The second-order valence-electron chi connectivity index (χ2n) is 4.59. The fourth-order valence-electron chi connectivity index (χ4n) is 2.14. The summed E-state index contributed by atoms with van der Waals surface area (Å²) >= 11 is 0. The molecule has 1 saturated heterocycles. The summed E-state index contributed by atoms with van der Waals surface area (Å²) in [6.45, 7) is 2.00. The van der Waals surface area contributed by atoms with Crippen LogP contribution in [0.15, 0.2) is 24.3 Å². The van der Waals surface area contributed by atoms with Crippen molar-refractivity contribution in [2.24, 2.45) is 0 Å². The summed E-state index contributed by atoms with van der Waals surface area (Å²) < 4.78 is 22.9. The average Bonchev–Trinajstić information content (AvgIpc) is 2.27. The van der Waals surface area contributed by atoms with Crippen LogP contribution in [0.5, 0.6) is 0 Å². The van der Waals surface area contributed by atoms with Gasteiger partial charge in [-0.3, -0.25) is 4.79 Å². The third-order valence-electron chi connectivity index (χ3n) is 3.06. The summed E-state index contributed by atoms with van der Waals surface area (Å²) in [4.78, 5) is 13.8. The maximum atomic E-state index is 12.2. The minimum absolute atomic E-state index is 0.0288. The van der Waals surface area contributed by atoms with Crippen LogP contribution in [0.3, 0.4) is 0 Å². The maximum absolute atomic E-state index is 12.2. The highest BCUT2D eigenvalue weighted by atomic mass is 32.2. The molecule has 0 saturated carbocycles. The number of sulfone groups is 1. The molecule has 1 aromatic rings. The summed E-state index contributed by atoms with van der Waals surface area (Å²) in [5, 5.41) is 0.